The fourth-order valence-corrected chi connectivity index (χ4v) is 2.56. The quantitative estimate of drug-likeness (QED) is 0.750. The van der Waals surface area contributed by atoms with Crippen LogP contribution < -0.4 is 11.3 Å². The second kappa shape index (κ2) is 5.36. The van der Waals surface area contributed by atoms with E-state index in [1.165, 1.54) is 13.0 Å². The van der Waals surface area contributed by atoms with Crippen LogP contribution in [-0.4, -0.2) is 19.6 Å². The second-order valence-corrected chi connectivity index (χ2v) is 5.55. The van der Waals surface area contributed by atoms with E-state index in [1.54, 1.807) is 13.0 Å². The van der Waals surface area contributed by atoms with E-state index < -0.39 is 17.3 Å². The summed E-state index contributed by atoms with van der Waals surface area (Å²) in [5, 5.41) is 2.55. The lowest BCUT2D eigenvalue weighted by Crippen LogP contribution is -2.22. The molecule has 2 heterocycles. The average Bonchev–Trinajstić information content (AvgIpc) is 2.84. The Morgan fingerprint density at radius 3 is 2.62 bits per heavy atom. The molecule has 24 heavy (non-hydrogen) atoms. The van der Waals surface area contributed by atoms with Gasteiger partial charge in [-0.25, -0.2) is 4.98 Å². The van der Waals surface area contributed by atoms with Crippen molar-refractivity contribution in [3.8, 4) is 0 Å². The van der Waals surface area contributed by atoms with Gasteiger partial charge in [-0.1, -0.05) is 12.1 Å². The smallest absolute Gasteiger partial charge is 0.368 e. The van der Waals surface area contributed by atoms with Gasteiger partial charge in [-0.15, -0.1) is 0 Å². The number of H-pyrrole nitrogens is 1. The number of benzene rings is 1. The minimum Gasteiger partial charge on any atom is -0.368 e. The molecule has 0 atom stereocenters. The van der Waals surface area contributed by atoms with Crippen LogP contribution in [0.15, 0.2) is 23.0 Å². The molecule has 0 radical (unpaired) electrons. The number of rotatable bonds is 2. The number of anilines is 1. The van der Waals surface area contributed by atoms with E-state index in [9.17, 15) is 18.0 Å². The third kappa shape index (κ3) is 2.72. The topological polar surface area (TPSA) is 89.1 Å². The first-order valence-electron chi connectivity index (χ1n) is 7.07. The summed E-state index contributed by atoms with van der Waals surface area (Å²) < 4.78 is 40.2. The first kappa shape index (κ1) is 16.0. The predicted octanol–water partition coefficient (Wildman–Crippen LogP) is 2.23. The Morgan fingerprint density at radius 1 is 1.25 bits per heavy atom. The Hall–Kier alpha value is -2.84. The molecule has 0 aliphatic heterocycles. The normalized spacial score (nSPS) is 12.0. The lowest BCUT2D eigenvalue weighted by Gasteiger charge is -2.12. The van der Waals surface area contributed by atoms with E-state index in [2.05, 4.69) is 15.1 Å². The van der Waals surface area contributed by atoms with Crippen molar-refractivity contribution in [3.05, 3.63) is 56.5 Å². The van der Waals surface area contributed by atoms with Gasteiger partial charge in [0.05, 0.1) is 11.3 Å². The Kier molecular flexibility index (Phi) is 3.58. The molecule has 0 saturated heterocycles. The summed E-state index contributed by atoms with van der Waals surface area (Å²) in [7, 11) is 0. The van der Waals surface area contributed by atoms with Crippen molar-refractivity contribution in [1.29, 1.82) is 0 Å². The van der Waals surface area contributed by atoms with Gasteiger partial charge in [0.2, 0.25) is 5.95 Å². The average molecular weight is 337 g/mol. The first-order chi connectivity index (χ1) is 11.2. The number of aromatic amines is 1. The highest BCUT2D eigenvalue weighted by molar-refractivity contribution is 5.40. The SMILES string of the molecule is Cc1ccc(Cc2c(C)nc3nc(N)[nH]n3c2=O)cc1C(F)(F)F. The van der Waals surface area contributed by atoms with E-state index >= 15 is 0 Å². The number of nitrogens with zero attached hydrogens (tertiary/aromatic N) is 3. The highest BCUT2D eigenvalue weighted by Gasteiger charge is 2.32. The molecule has 1 aromatic carbocycles. The van der Waals surface area contributed by atoms with Crippen LogP contribution in [0, 0.1) is 13.8 Å². The van der Waals surface area contributed by atoms with Gasteiger partial charge in [-0.2, -0.15) is 22.7 Å². The van der Waals surface area contributed by atoms with Crippen LogP contribution in [0.2, 0.25) is 0 Å². The predicted molar refractivity (Wildman–Crippen MR) is 81.7 cm³/mol. The molecule has 3 aromatic rings. The number of hydrogen-bond acceptors (Lipinski definition) is 4. The Morgan fingerprint density at radius 2 is 1.96 bits per heavy atom. The van der Waals surface area contributed by atoms with Crippen LogP contribution >= 0.6 is 0 Å². The summed E-state index contributed by atoms with van der Waals surface area (Å²) in [5.41, 5.74) is 5.56. The number of aromatic nitrogens is 4. The number of hydrogen-bond donors (Lipinski definition) is 2. The zero-order valence-electron chi connectivity index (χ0n) is 12.9. The van der Waals surface area contributed by atoms with Crippen LogP contribution in [0.5, 0.6) is 0 Å². The van der Waals surface area contributed by atoms with Crippen molar-refractivity contribution >= 4 is 11.7 Å². The number of nitrogen functional groups attached to an aromatic ring is 1. The zero-order chi connectivity index (χ0) is 17.6. The van der Waals surface area contributed by atoms with Crippen molar-refractivity contribution in [3.63, 3.8) is 0 Å². The molecule has 0 aliphatic rings. The number of nitrogens with one attached hydrogen (secondary N) is 1. The fraction of sp³-hybridized carbons (Fsp3) is 0.267. The maximum absolute atomic E-state index is 13.0. The highest BCUT2D eigenvalue weighted by Crippen LogP contribution is 2.32. The van der Waals surface area contributed by atoms with Gasteiger partial charge in [0, 0.05) is 12.0 Å². The third-order valence-electron chi connectivity index (χ3n) is 3.80. The van der Waals surface area contributed by atoms with Crippen LogP contribution in [-0.2, 0) is 12.6 Å². The summed E-state index contributed by atoms with van der Waals surface area (Å²) in [6.45, 7) is 3.01. The van der Waals surface area contributed by atoms with Crippen LogP contribution in [0.25, 0.3) is 5.78 Å². The van der Waals surface area contributed by atoms with E-state index in [0.29, 0.717) is 11.3 Å². The van der Waals surface area contributed by atoms with E-state index in [-0.39, 0.29) is 29.3 Å². The number of halogens is 3. The molecule has 3 rings (SSSR count). The largest absolute Gasteiger partial charge is 0.416 e. The molecule has 3 N–H and O–H groups in total. The molecular formula is C15H14F3N5O. The number of aryl methyl sites for hydroxylation is 2. The summed E-state index contributed by atoms with van der Waals surface area (Å²) >= 11 is 0. The first-order valence-corrected chi connectivity index (χ1v) is 7.07. The van der Waals surface area contributed by atoms with E-state index in [0.717, 1.165) is 10.6 Å². The maximum Gasteiger partial charge on any atom is 0.416 e. The molecule has 126 valence electrons. The van der Waals surface area contributed by atoms with Gasteiger partial charge in [-0.05, 0) is 31.0 Å². The summed E-state index contributed by atoms with van der Waals surface area (Å²) in [4.78, 5) is 20.5. The van der Waals surface area contributed by atoms with Crippen LogP contribution in [0.3, 0.4) is 0 Å². The molecule has 6 nitrogen and oxygen atoms in total. The van der Waals surface area contributed by atoms with Crippen molar-refractivity contribution in [2.24, 2.45) is 0 Å². The Labute approximate surface area is 134 Å². The Balaban J connectivity index is 2.09. The summed E-state index contributed by atoms with van der Waals surface area (Å²) in [5.74, 6) is 0.157. The molecule has 9 heteroatoms. The fourth-order valence-electron chi connectivity index (χ4n) is 2.56. The maximum atomic E-state index is 13.0. The summed E-state index contributed by atoms with van der Waals surface area (Å²) in [6.07, 6.45) is -4.41. The second-order valence-electron chi connectivity index (χ2n) is 5.55. The van der Waals surface area contributed by atoms with Gasteiger partial charge in [0.1, 0.15) is 0 Å². The molecule has 0 saturated carbocycles. The van der Waals surface area contributed by atoms with Crippen molar-refractivity contribution < 1.29 is 13.2 Å². The minimum atomic E-state index is -4.44. The van der Waals surface area contributed by atoms with E-state index in [4.69, 9.17) is 5.73 Å². The van der Waals surface area contributed by atoms with Crippen LogP contribution in [0.4, 0.5) is 19.1 Å². The zero-order valence-corrected chi connectivity index (χ0v) is 12.9. The van der Waals surface area contributed by atoms with Gasteiger partial charge in [-0.3, -0.25) is 9.89 Å². The number of fused-ring (bicyclic) bond motifs is 1. The molecule has 0 spiro atoms. The highest BCUT2D eigenvalue weighted by atomic mass is 19.4. The lowest BCUT2D eigenvalue weighted by molar-refractivity contribution is -0.138. The van der Waals surface area contributed by atoms with Crippen LogP contribution in [0.1, 0.15) is 27.9 Å². The molecule has 2 aromatic heterocycles. The molecule has 0 fully saturated rings. The number of alkyl halides is 3. The molecule has 0 amide bonds. The van der Waals surface area contributed by atoms with Crippen molar-refractivity contribution in [2.45, 2.75) is 26.4 Å². The standard InChI is InChI=1S/C15H14F3N5O/c1-7-3-4-9(6-11(7)15(16,17)18)5-10-8(2)20-14-21-13(19)22-23(14)12(10)24/h3-4,6H,5H2,1-2H3,(H3,19,20,21,22). The van der Waals surface area contributed by atoms with Gasteiger partial charge in [0.25, 0.3) is 11.3 Å². The van der Waals surface area contributed by atoms with Gasteiger partial charge >= 0.3 is 6.18 Å². The third-order valence-corrected chi connectivity index (χ3v) is 3.80. The minimum absolute atomic E-state index is 0.0306. The monoisotopic (exact) mass is 337 g/mol. The Bertz CT molecular complexity index is 987. The molecule has 0 aliphatic carbocycles. The van der Waals surface area contributed by atoms with Gasteiger partial charge < -0.3 is 5.73 Å². The van der Waals surface area contributed by atoms with Crippen molar-refractivity contribution in [2.75, 3.05) is 5.73 Å². The molecule has 0 unspecified atom stereocenters. The van der Waals surface area contributed by atoms with Gasteiger partial charge in [0.15, 0.2) is 0 Å². The van der Waals surface area contributed by atoms with E-state index in [1.807, 2.05) is 0 Å². The van der Waals surface area contributed by atoms with Crippen molar-refractivity contribution in [1.82, 2.24) is 19.6 Å². The lowest BCUT2D eigenvalue weighted by atomic mass is 9.99. The molecular weight excluding hydrogens is 323 g/mol. The molecule has 0 bridgehead atoms. The number of nitrogens with two attached hydrogens (primary N) is 1. The summed E-state index contributed by atoms with van der Waals surface area (Å²) in [6, 6.07) is 4.02.